The van der Waals surface area contributed by atoms with Gasteiger partial charge in [-0.2, -0.15) is 0 Å². The van der Waals surface area contributed by atoms with Crippen molar-refractivity contribution < 1.29 is 14.3 Å². The number of aryl methyl sites for hydroxylation is 2. The van der Waals surface area contributed by atoms with E-state index in [-0.39, 0.29) is 18.3 Å². The molecular formula is C16H16N2O3. The van der Waals surface area contributed by atoms with E-state index in [1.54, 1.807) is 19.1 Å². The molecule has 21 heavy (non-hydrogen) atoms. The Morgan fingerprint density at radius 2 is 2.29 bits per heavy atom. The molecule has 0 bridgehead atoms. The number of anilines is 1. The first-order chi connectivity index (χ1) is 10.2. The van der Waals surface area contributed by atoms with E-state index in [0.717, 1.165) is 17.5 Å². The number of amides is 1. The van der Waals surface area contributed by atoms with E-state index in [9.17, 15) is 4.79 Å². The average molecular weight is 284 g/mol. The van der Waals surface area contributed by atoms with Crippen molar-refractivity contribution >= 4 is 11.6 Å². The van der Waals surface area contributed by atoms with Gasteiger partial charge in [0.25, 0.3) is 5.91 Å². The molecule has 0 spiro atoms. The topological polar surface area (TPSA) is 75.4 Å². The fourth-order valence-electron chi connectivity index (χ4n) is 1.93. The second-order valence-corrected chi connectivity index (χ2v) is 4.41. The second kappa shape index (κ2) is 6.73. The number of carbonyl (C=O) groups is 1. The maximum absolute atomic E-state index is 12.1. The molecule has 1 amide bonds. The summed E-state index contributed by atoms with van der Waals surface area (Å²) < 4.78 is 5.08. The van der Waals surface area contributed by atoms with E-state index in [0.29, 0.717) is 11.4 Å². The van der Waals surface area contributed by atoms with Crippen LogP contribution in [0.25, 0.3) is 0 Å². The van der Waals surface area contributed by atoms with Gasteiger partial charge in [-0.15, -0.1) is 0 Å². The maximum Gasteiger partial charge on any atom is 0.293 e. The lowest BCUT2D eigenvalue weighted by molar-refractivity contribution is 0.0995. The van der Waals surface area contributed by atoms with Crippen LogP contribution in [0.15, 0.2) is 29.0 Å². The Kier molecular flexibility index (Phi) is 4.75. The van der Waals surface area contributed by atoms with Crippen LogP contribution in [-0.4, -0.2) is 22.6 Å². The summed E-state index contributed by atoms with van der Waals surface area (Å²) in [6.45, 7) is 3.53. The van der Waals surface area contributed by atoms with Gasteiger partial charge in [0.15, 0.2) is 6.39 Å². The molecule has 0 saturated heterocycles. The summed E-state index contributed by atoms with van der Waals surface area (Å²) in [4.78, 5) is 16.0. The van der Waals surface area contributed by atoms with Crippen LogP contribution in [0.2, 0.25) is 0 Å². The van der Waals surface area contributed by atoms with Crippen LogP contribution in [0.1, 0.15) is 34.3 Å². The van der Waals surface area contributed by atoms with Gasteiger partial charge >= 0.3 is 0 Å². The van der Waals surface area contributed by atoms with Crippen molar-refractivity contribution in [2.24, 2.45) is 0 Å². The van der Waals surface area contributed by atoms with Crippen LogP contribution < -0.4 is 5.32 Å². The monoisotopic (exact) mass is 284 g/mol. The van der Waals surface area contributed by atoms with Crippen LogP contribution in [0.4, 0.5) is 5.69 Å². The summed E-state index contributed by atoms with van der Waals surface area (Å²) >= 11 is 0. The molecule has 0 unspecified atom stereocenters. The molecule has 2 N–H and O–H groups in total. The number of nitrogens with one attached hydrogen (secondary N) is 1. The first-order valence-electron chi connectivity index (χ1n) is 6.59. The smallest absolute Gasteiger partial charge is 0.293 e. The normalized spacial score (nSPS) is 9.86. The third kappa shape index (κ3) is 3.50. The highest BCUT2D eigenvalue weighted by Crippen LogP contribution is 2.19. The number of aliphatic hydroxyl groups is 1. The summed E-state index contributed by atoms with van der Waals surface area (Å²) in [6.07, 6.45) is 2.00. The number of aliphatic hydroxyl groups excluding tert-OH is 1. The lowest BCUT2D eigenvalue weighted by Gasteiger charge is -2.09. The van der Waals surface area contributed by atoms with Gasteiger partial charge in [0.1, 0.15) is 6.61 Å². The molecule has 0 radical (unpaired) electrons. The largest absolute Gasteiger partial charge is 0.438 e. The Hall–Kier alpha value is -2.58. The number of aromatic nitrogens is 1. The zero-order valence-corrected chi connectivity index (χ0v) is 11.9. The predicted molar refractivity (Wildman–Crippen MR) is 79.0 cm³/mol. The van der Waals surface area contributed by atoms with Crippen molar-refractivity contribution in [2.45, 2.75) is 20.3 Å². The average Bonchev–Trinajstić information content (AvgIpc) is 2.92. The quantitative estimate of drug-likeness (QED) is 0.847. The van der Waals surface area contributed by atoms with Crippen LogP contribution in [0.3, 0.4) is 0 Å². The van der Waals surface area contributed by atoms with E-state index in [1.807, 2.05) is 13.0 Å². The number of hydrogen-bond acceptors (Lipinski definition) is 4. The highest BCUT2D eigenvalue weighted by atomic mass is 16.3. The zero-order valence-electron chi connectivity index (χ0n) is 11.9. The van der Waals surface area contributed by atoms with Crippen molar-refractivity contribution in [1.29, 1.82) is 0 Å². The van der Waals surface area contributed by atoms with Crippen molar-refractivity contribution in [2.75, 3.05) is 11.9 Å². The highest BCUT2D eigenvalue weighted by Gasteiger charge is 2.15. The molecular weight excluding hydrogens is 268 g/mol. The molecule has 0 saturated carbocycles. The first kappa shape index (κ1) is 14.8. The fraction of sp³-hybridized carbons (Fsp3) is 0.250. The third-order valence-electron chi connectivity index (χ3n) is 3.00. The Morgan fingerprint density at radius 1 is 1.48 bits per heavy atom. The Bertz CT molecular complexity index is 708. The Morgan fingerprint density at radius 3 is 2.90 bits per heavy atom. The van der Waals surface area contributed by atoms with E-state index >= 15 is 0 Å². The Labute approximate surface area is 123 Å². The molecule has 1 aromatic carbocycles. The van der Waals surface area contributed by atoms with Crippen molar-refractivity contribution in [3.63, 3.8) is 0 Å². The van der Waals surface area contributed by atoms with Gasteiger partial charge in [-0.1, -0.05) is 18.8 Å². The SMILES string of the molecule is CCc1cc(C#CCO)ccc1NC(=O)c1ocnc1C. The molecule has 0 fully saturated rings. The van der Waals surface area contributed by atoms with E-state index in [4.69, 9.17) is 9.52 Å². The number of benzene rings is 1. The van der Waals surface area contributed by atoms with E-state index < -0.39 is 0 Å². The number of nitrogens with zero attached hydrogens (tertiary/aromatic N) is 1. The highest BCUT2D eigenvalue weighted by molar-refractivity contribution is 6.03. The van der Waals surface area contributed by atoms with Gasteiger partial charge in [0, 0.05) is 11.3 Å². The summed E-state index contributed by atoms with van der Waals surface area (Å²) in [5.74, 6) is 5.33. The molecule has 0 atom stereocenters. The zero-order chi connectivity index (χ0) is 15.2. The third-order valence-corrected chi connectivity index (χ3v) is 3.00. The summed E-state index contributed by atoms with van der Waals surface area (Å²) in [5.41, 5.74) is 3.03. The number of hydrogen-bond donors (Lipinski definition) is 2. The first-order valence-corrected chi connectivity index (χ1v) is 6.59. The van der Waals surface area contributed by atoms with Gasteiger partial charge in [0.2, 0.25) is 5.76 Å². The van der Waals surface area contributed by atoms with Gasteiger partial charge in [0.05, 0.1) is 5.69 Å². The van der Waals surface area contributed by atoms with Gasteiger partial charge in [-0.3, -0.25) is 4.79 Å². The Balaban J connectivity index is 2.24. The van der Waals surface area contributed by atoms with Crippen molar-refractivity contribution in [3.8, 4) is 11.8 Å². The molecule has 0 aliphatic carbocycles. The molecule has 1 heterocycles. The lowest BCUT2D eigenvalue weighted by atomic mass is 10.1. The molecule has 5 nitrogen and oxygen atoms in total. The summed E-state index contributed by atoms with van der Waals surface area (Å²) in [7, 11) is 0. The molecule has 2 aromatic rings. The molecule has 5 heteroatoms. The van der Waals surface area contributed by atoms with E-state index in [1.165, 1.54) is 6.39 Å². The number of oxazole rings is 1. The molecule has 108 valence electrons. The second-order valence-electron chi connectivity index (χ2n) is 4.41. The van der Waals surface area contributed by atoms with Crippen molar-refractivity contribution in [3.05, 3.63) is 47.2 Å². The van der Waals surface area contributed by atoms with Crippen LogP contribution in [-0.2, 0) is 6.42 Å². The number of rotatable bonds is 3. The minimum absolute atomic E-state index is 0.176. The van der Waals surface area contributed by atoms with Gasteiger partial charge in [-0.05, 0) is 37.1 Å². The minimum Gasteiger partial charge on any atom is -0.438 e. The molecule has 1 aromatic heterocycles. The summed E-state index contributed by atoms with van der Waals surface area (Å²) in [6, 6.07) is 5.49. The minimum atomic E-state index is -0.325. The summed E-state index contributed by atoms with van der Waals surface area (Å²) in [5, 5.41) is 11.5. The molecule has 0 aliphatic heterocycles. The number of carbonyl (C=O) groups excluding carboxylic acids is 1. The maximum atomic E-state index is 12.1. The lowest BCUT2D eigenvalue weighted by Crippen LogP contribution is -2.13. The van der Waals surface area contributed by atoms with Gasteiger partial charge < -0.3 is 14.8 Å². The van der Waals surface area contributed by atoms with Crippen molar-refractivity contribution in [1.82, 2.24) is 4.98 Å². The molecule has 0 aliphatic rings. The van der Waals surface area contributed by atoms with Gasteiger partial charge in [-0.25, -0.2) is 4.98 Å². The van der Waals surface area contributed by atoms with Crippen LogP contribution in [0.5, 0.6) is 0 Å². The van der Waals surface area contributed by atoms with Crippen LogP contribution >= 0.6 is 0 Å². The predicted octanol–water partition coefficient (Wildman–Crippen LogP) is 2.14. The van der Waals surface area contributed by atoms with E-state index in [2.05, 4.69) is 22.1 Å². The standard InChI is InChI=1S/C16H16N2O3/c1-3-13-9-12(5-4-8-19)6-7-14(13)18-16(20)15-11(2)17-10-21-15/h6-7,9-10,19H,3,8H2,1-2H3,(H,18,20). The molecule has 2 rings (SSSR count). The van der Waals surface area contributed by atoms with Crippen LogP contribution in [0, 0.1) is 18.8 Å². The fourth-order valence-corrected chi connectivity index (χ4v) is 1.93.